The van der Waals surface area contributed by atoms with Crippen molar-refractivity contribution in [3.05, 3.63) is 70.9 Å². The summed E-state index contributed by atoms with van der Waals surface area (Å²) in [6.45, 7) is 3.93. The molecule has 25 heavy (non-hydrogen) atoms. The van der Waals surface area contributed by atoms with Crippen LogP contribution in [0.1, 0.15) is 24.1 Å². The first-order valence-electron chi connectivity index (χ1n) is 8.20. The number of aryl methyl sites for hydroxylation is 1. The van der Waals surface area contributed by atoms with E-state index in [1.807, 2.05) is 56.3 Å². The monoisotopic (exact) mass is 333 g/mol. The zero-order valence-electron chi connectivity index (χ0n) is 14.4. The third-order valence-electron chi connectivity index (χ3n) is 4.59. The maximum absolute atomic E-state index is 12.6. The van der Waals surface area contributed by atoms with Gasteiger partial charge in [-0.25, -0.2) is 9.78 Å². The van der Waals surface area contributed by atoms with Crippen LogP contribution in [0.25, 0.3) is 11.0 Å². The Morgan fingerprint density at radius 1 is 1.16 bits per heavy atom. The summed E-state index contributed by atoms with van der Waals surface area (Å²) >= 11 is 0. The van der Waals surface area contributed by atoms with E-state index in [0.29, 0.717) is 5.57 Å². The summed E-state index contributed by atoms with van der Waals surface area (Å²) in [5.41, 5.74) is 5.41. The molecule has 1 aliphatic heterocycles. The molecule has 1 aliphatic rings. The predicted molar refractivity (Wildman–Crippen MR) is 97.4 cm³/mol. The van der Waals surface area contributed by atoms with Gasteiger partial charge in [0.2, 0.25) is 5.95 Å². The van der Waals surface area contributed by atoms with E-state index >= 15 is 0 Å². The molecule has 0 saturated heterocycles. The van der Waals surface area contributed by atoms with Gasteiger partial charge in [0.15, 0.2) is 0 Å². The van der Waals surface area contributed by atoms with Crippen molar-refractivity contribution in [2.75, 3.05) is 12.4 Å². The van der Waals surface area contributed by atoms with Crippen molar-refractivity contribution < 1.29 is 9.53 Å². The second kappa shape index (κ2) is 5.77. The number of allylic oxidation sites excluding steroid dienone is 1. The van der Waals surface area contributed by atoms with Gasteiger partial charge in [0, 0.05) is 5.70 Å². The van der Waals surface area contributed by atoms with Gasteiger partial charge < -0.3 is 10.1 Å². The van der Waals surface area contributed by atoms with Crippen LogP contribution >= 0.6 is 0 Å². The Morgan fingerprint density at radius 2 is 1.96 bits per heavy atom. The van der Waals surface area contributed by atoms with Crippen molar-refractivity contribution in [3.63, 3.8) is 0 Å². The van der Waals surface area contributed by atoms with E-state index in [2.05, 4.69) is 20.9 Å². The molecule has 1 aromatic heterocycles. The Bertz CT molecular complexity index is 1020. The predicted octanol–water partition coefficient (Wildman–Crippen LogP) is 3.81. The average Bonchev–Trinajstić information content (AvgIpc) is 2.97. The van der Waals surface area contributed by atoms with Gasteiger partial charge in [0.25, 0.3) is 0 Å². The van der Waals surface area contributed by atoms with Crippen LogP contribution < -0.4 is 5.32 Å². The molecular formula is C20H19N3O2. The summed E-state index contributed by atoms with van der Waals surface area (Å²) < 4.78 is 7.15. The minimum absolute atomic E-state index is 0.281. The number of fused-ring (bicyclic) bond motifs is 3. The number of hydrogen-bond acceptors (Lipinski definition) is 4. The third kappa shape index (κ3) is 2.39. The molecule has 3 aromatic rings. The minimum atomic E-state index is -0.333. The standard InChI is InChI=1S/C20H19N3O2/c1-12-7-6-8-14(11-12)18-17(19(24)25-3)13(2)21-20-22-15-9-4-5-10-16(15)23(18)20/h4-11,18H,1-3H3,(H,21,22)/t18-/m0/s1. The van der Waals surface area contributed by atoms with Crippen LogP contribution in [0.4, 0.5) is 5.95 Å². The number of para-hydroxylation sites is 2. The summed E-state index contributed by atoms with van der Waals surface area (Å²) in [4.78, 5) is 17.2. The van der Waals surface area contributed by atoms with Crippen LogP contribution in [-0.4, -0.2) is 22.6 Å². The second-order valence-corrected chi connectivity index (χ2v) is 6.27. The third-order valence-corrected chi connectivity index (χ3v) is 4.59. The number of carbonyl (C=O) groups is 1. The zero-order valence-corrected chi connectivity index (χ0v) is 14.4. The van der Waals surface area contributed by atoms with Crippen LogP contribution in [0.5, 0.6) is 0 Å². The number of imidazole rings is 1. The number of esters is 1. The van der Waals surface area contributed by atoms with Crippen LogP contribution in [0.3, 0.4) is 0 Å². The highest BCUT2D eigenvalue weighted by atomic mass is 16.5. The van der Waals surface area contributed by atoms with Gasteiger partial charge in [0.1, 0.15) is 0 Å². The summed E-state index contributed by atoms with van der Waals surface area (Å²) in [5, 5.41) is 3.26. The second-order valence-electron chi connectivity index (χ2n) is 6.27. The Balaban J connectivity index is 2.03. The van der Waals surface area contributed by atoms with Gasteiger partial charge in [-0.15, -0.1) is 0 Å². The number of hydrogen-bond donors (Lipinski definition) is 1. The Hall–Kier alpha value is -3.08. The van der Waals surface area contributed by atoms with Crippen molar-refractivity contribution >= 4 is 23.0 Å². The first-order chi connectivity index (χ1) is 12.1. The minimum Gasteiger partial charge on any atom is -0.466 e. The molecule has 0 fully saturated rings. The molecule has 5 heteroatoms. The fourth-order valence-electron chi connectivity index (χ4n) is 3.49. The molecule has 126 valence electrons. The first kappa shape index (κ1) is 15.4. The number of nitrogens with one attached hydrogen (secondary N) is 1. The molecule has 4 rings (SSSR count). The molecule has 0 aliphatic carbocycles. The van der Waals surface area contributed by atoms with Crippen molar-refractivity contribution in [2.24, 2.45) is 0 Å². The molecule has 1 atom stereocenters. The number of benzene rings is 2. The number of anilines is 1. The molecule has 1 N–H and O–H groups in total. The lowest BCUT2D eigenvalue weighted by molar-refractivity contribution is -0.136. The number of carbonyl (C=O) groups excluding carboxylic acids is 1. The lowest BCUT2D eigenvalue weighted by Crippen LogP contribution is -2.28. The average molecular weight is 333 g/mol. The van der Waals surface area contributed by atoms with Crippen LogP contribution in [0, 0.1) is 6.92 Å². The summed E-state index contributed by atoms with van der Waals surface area (Å²) in [6, 6.07) is 15.9. The van der Waals surface area contributed by atoms with Gasteiger partial charge in [-0.1, -0.05) is 42.0 Å². The zero-order chi connectivity index (χ0) is 17.6. The fraction of sp³-hybridized carbons (Fsp3) is 0.200. The Kier molecular flexibility index (Phi) is 3.57. The number of nitrogens with zero attached hydrogens (tertiary/aromatic N) is 2. The van der Waals surface area contributed by atoms with Gasteiger partial charge in [-0.3, -0.25) is 4.57 Å². The molecule has 5 nitrogen and oxygen atoms in total. The highest BCUT2D eigenvalue weighted by Crippen LogP contribution is 2.39. The largest absolute Gasteiger partial charge is 0.466 e. The van der Waals surface area contributed by atoms with Crippen molar-refractivity contribution in [1.29, 1.82) is 0 Å². The number of aromatic nitrogens is 2. The number of ether oxygens (including phenoxy) is 1. The molecule has 0 spiro atoms. The molecule has 0 radical (unpaired) electrons. The number of methoxy groups -OCH3 is 1. The quantitative estimate of drug-likeness (QED) is 0.725. The van der Waals surface area contributed by atoms with E-state index in [4.69, 9.17) is 4.74 Å². The smallest absolute Gasteiger partial charge is 0.337 e. The molecule has 0 unspecified atom stereocenters. The normalized spacial score (nSPS) is 16.5. The highest BCUT2D eigenvalue weighted by molar-refractivity contribution is 5.94. The molecule has 0 bridgehead atoms. The topological polar surface area (TPSA) is 56.1 Å². The molecule has 0 amide bonds. The maximum Gasteiger partial charge on any atom is 0.337 e. The fourth-order valence-corrected chi connectivity index (χ4v) is 3.49. The van der Waals surface area contributed by atoms with Crippen LogP contribution in [0.2, 0.25) is 0 Å². The maximum atomic E-state index is 12.6. The molecular weight excluding hydrogens is 314 g/mol. The van der Waals surface area contributed by atoms with Crippen molar-refractivity contribution in [1.82, 2.24) is 9.55 Å². The van der Waals surface area contributed by atoms with Gasteiger partial charge in [0.05, 0.1) is 29.8 Å². The van der Waals surface area contributed by atoms with E-state index in [9.17, 15) is 4.79 Å². The molecule has 2 heterocycles. The Labute approximate surface area is 145 Å². The van der Waals surface area contributed by atoms with Crippen molar-refractivity contribution in [2.45, 2.75) is 19.9 Å². The van der Waals surface area contributed by atoms with E-state index in [1.165, 1.54) is 7.11 Å². The van der Waals surface area contributed by atoms with E-state index < -0.39 is 0 Å². The Morgan fingerprint density at radius 3 is 2.72 bits per heavy atom. The first-order valence-corrected chi connectivity index (χ1v) is 8.20. The van der Waals surface area contributed by atoms with Gasteiger partial charge >= 0.3 is 5.97 Å². The highest BCUT2D eigenvalue weighted by Gasteiger charge is 2.34. The summed E-state index contributed by atoms with van der Waals surface area (Å²) in [6.07, 6.45) is 0. The molecule has 2 aromatic carbocycles. The SMILES string of the molecule is COC(=O)C1=C(C)Nc2nc3ccccc3n2[C@H]1c1cccc(C)c1. The lowest BCUT2D eigenvalue weighted by Gasteiger charge is -2.30. The van der Waals surface area contributed by atoms with Gasteiger partial charge in [-0.2, -0.15) is 0 Å². The van der Waals surface area contributed by atoms with Crippen LogP contribution in [0.15, 0.2) is 59.8 Å². The summed E-state index contributed by atoms with van der Waals surface area (Å²) in [5.74, 6) is 0.401. The van der Waals surface area contributed by atoms with Gasteiger partial charge in [-0.05, 0) is 31.5 Å². The summed E-state index contributed by atoms with van der Waals surface area (Å²) in [7, 11) is 1.41. The lowest BCUT2D eigenvalue weighted by atomic mass is 9.94. The number of rotatable bonds is 2. The van der Waals surface area contributed by atoms with E-state index in [0.717, 1.165) is 33.8 Å². The molecule has 0 saturated carbocycles. The van der Waals surface area contributed by atoms with Crippen molar-refractivity contribution in [3.8, 4) is 0 Å². The van der Waals surface area contributed by atoms with Crippen LogP contribution in [-0.2, 0) is 9.53 Å². The van der Waals surface area contributed by atoms with E-state index in [-0.39, 0.29) is 12.0 Å². The van der Waals surface area contributed by atoms with E-state index in [1.54, 1.807) is 0 Å².